The number of fused-ring (bicyclic) bond motifs is 1. The number of rotatable bonds is 1. The molecule has 3 rings (SSSR count). The summed E-state index contributed by atoms with van der Waals surface area (Å²) < 4.78 is 7.10. The monoisotopic (exact) mass is 385 g/mol. The van der Waals surface area contributed by atoms with Crippen molar-refractivity contribution in [2.75, 3.05) is 0 Å². The van der Waals surface area contributed by atoms with Gasteiger partial charge in [-0.3, -0.25) is 0 Å². The molecule has 0 amide bonds. The minimum absolute atomic E-state index is 0.343. The lowest BCUT2D eigenvalue weighted by Crippen LogP contribution is -2.01. The molecule has 18 heavy (non-hydrogen) atoms. The minimum atomic E-state index is -0.365. The van der Waals surface area contributed by atoms with Gasteiger partial charge in [-0.15, -0.1) is 11.3 Å². The van der Waals surface area contributed by atoms with Crippen LogP contribution in [-0.4, -0.2) is 4.98 Å². The molecular weight excluding hydrogens is 382 g/mol. The molecule has 0 spiro atoms. The number of hydrogen-bond acceptors (Lipinski definition) is 4. The smallest absolute Gasteiger partial charge is 0.347 e. The Morgan fingerprint density at radius 3 is 2.72 bits per heavy atom. The molecular formula is C12H5Br2NO2S. The highest BCUT2D eigenvalue weighted by Gasteiger charge is 2.12. The third-order valence-corrected chi connectivity index (χ3v) is 5.64. The summed E-state index contributed by atoms with van der Waals surface area (Å²) in [6, 6.07) is 9.01. The van der Waals surface area contributed by atoms with Gasteiger partial charge in [0.1, 0.15) is 0 Å². The molecule has 0 bridgehead atoms. The van der Waals surface area contributed by atoms with Gasteiger partial charge in [-0.2, -0.15) is 0 Å². The van der Waals surface area contributed by atoms with E-state index in [0.29, 0.717) is 16.8 Å². The van der Waals surface area contributed by atoms with Gasteiger partial charge >= 0.3 is 5.63 Å². The molecule has 0 aliphatic heterocycles. The molecule has 0 radical (unpaired) electrons. The molecule has 0 unspecified atom stereocenters. The van der Waals surface area contributed by atoms with Gasteiger partial charge in [-0.25, -0.2) is 9.78 Å². The number of para-hydroxylation sites is 1. The Bertz CT molecular complexity index is 775. The molecule has 2 heterocycles. The number of hydrogen-bond donors (Lipinski definition) is 0. The van der Waals surface area contributed by atoms with Gasteiger partial charge in [-0.05, 0) is 50.1 Å². The summed E-state index contributed by atoms with van der Waals surface area (Å²) in [5, 5.41) is 0.496. The molecule has 3 nitrogen and oxygen atoms in total. The van der Waals surface area contributed by atoms with Crippen molar-refractivity contribution in [3.63, 3.8) is 0 Å². The third-order valence-electron chi connectivity index (χ3n) is 2.39. The van der Waals surface area contributed by atoms with E-state index < -0.39 is 0 Å². The van der Waals surface area contributed by atoms with Crippen LogP contribution in [0.4, 0.5) is 0 Å². The van der Waals surface area contributed by atoms with E-state index in [2.05, 4.69) is 36.8 Å². The average Bonchev–Trinajstić information content (AvgIpc) is 2.70. The Balaban J connectivity index is 2.27. The summed E-state index contributed by atoms with van der Waals surface area (Å²) in [5.41, 5.74) is 0.278. The lowest BCUT2D eigenvalue weighted by atomic mass is 10.2. The van der Waals surface area contributed by atoms with Crippen LogP contribution < -0.4 is 5.63 Å². The number of nitrogens with zero attached hydrogens (tertiary/aromatic N) is 1. The van der Waals surface area contributed by atoms with Gasteiger partial charge < -0.3 is 4.42 Å². The first-order valence-electron chi connectivity index (χ1n) is 5.00. The zero-order chi connectivity index (χ0) is 12.7. The quantitative estimate of drug-likeness (QED) is 0.620. The second kappa shape index (κ2) is 4.60. The van der Waals surface area contributed by atoms with Gasteiger partial charge in [0.25, 0.3) is 0 Å². The number of halogens is 2. The Hall–Kier alpha value is -0.980. The van der Waals surface area contributed by atoms with Crippen LogP contribution >= 0.6 is 43.2 Å². The summed E-state index contributed by atoms with van der Waals surface area (Å²) in [6.45, 7) is 0. The molecule has 3 aromatic rings. The number of benzene rings is 1. The predicted octanol–water partition coefficient (Wildman–Crippen LogP) is 4.44. The molecule has 0 saturated heterocycles. The van der Waals surface area contributed by atoms with Gasteiger partial charge in [-0.1, -0.05) is 12.1 Å². The fraction of sp³-hybridized carbons (Fsp3) is 0. The van der Waals surface area contributed by atoms with Crippen LogP contribution in [0.5, 0.6) is 0 Å². The van der Waals surface area contributed by atoms with E-state index in [1.807, 2.05) is 12.1 Å². The third kappa shape index (κ3) is 2.04. The molecule has 0 fully saturated rings. The highest BCUT2D eigenvalue weighted by atomic mass is 79.9. The standard InChI is InChI=1S/C12H5Br2NO2S/c13-7-5-9(18-10(7)14)11-15-8-4-2-1-3-6(8)12(16)17-11/h1-5H. The first-order valence-corrected chi connectivity index (χ1v) is 7.40. The molecule has 6 heteroatoms. The van der Waals surface area contributed by atoms with Crippen molar-refractivity contribution in [2.45, 2.75) is 0 Å². The van der Waals surface area contributed by atoms with Crippen molar-refractivity contribution < 1.29 is 4.42 Å². The van der Waals surface area contributed by atoms with E-state index >= 15 is 0 Å². The van der Waals surface area contributed by atoms with Gasteiger partial charge in [0, 0.05) is 4.47 Å². The molecule has 0 atom stereocenters. The van der Waals surface area contributed by atoms with E-state index in [9.17, 15) is 4.79 Å². The molecule has 0 saturated carbocycles. The molecule has 0 N–H and O–H groups in total. The maximum absolute atomic E-state index is 11.8. The SMILES string of the molecule is O=c1oc(-c2cc(Br)c(Br)s2)nc2ccccc12. The average molecular weight is 387 g/mol. The van der Waals surface area contributed by atoms with Gasteiger partial charge in [0.15, 0.2) is 0 Å². The lowest BCUT2D eigenvalue weighted by Gasteiger charge is -1.98. The Morgan fingerprint density at radius 2 is 2.00 bits per heavy atom. The zero-order valence-electron chi connectivity index (χ0n) is 8.81. The fourth-order valence-corrected chi connectivity index (χ4v) is 3.54. The maximum atomic E-state index is 11.8. The second-order valence-corrected chi connectivity index (χ2v) is 6.78. The normalized spacial score (nSPS) is 11.0. The lowest BCUT2D eigenvalue weighted by molar-refractivity contribution is 0.520. The Labute approximate surface area is 123 Å². The van der Waals surface area contributed by atoms with Gasteiger partial charge in [0.2, 0.25) is 5.89 Å². The topological polar surface area (TPSA) is 43.1 Å². The number of aromatic nitrogens is 1. The predicted molar refractivity (Wildman–Crippen MR) is 79.0 cm³/mol. The Kier molecular flexibility index (Phi) is 3.09. The van der Waals surface area contributed by atoms with Crippen molar-refractivity contribution in [1.29, 1.82) is 0 Å². The maximum Gasteiger partial charge on any atom is 0.347 e. The van der Waals surface area contributed by atoms with Crippen LogP contribution in [0.2, 0.25) is 0 Å². The van der Waals surface area contributed by atoms with Crippen LogP contribution in [0.15, 0.2) is 47.8 Å². The number of thiophene rings is 1. The molecule has 90 valence electrons. The Morgan fingerprint density at radius 1 is 1.22 bits per heavy atom. The van der Waals surface area contributed by atoms with Crippen molar-refractivity contribution in [2.24, 2.45) is 0 Å². The van der Waals surface area contributed by atoms with Crippen LogP contribution in [0.25, 0.3) is 21.7 Å². The molecule has 0 aliphatic rings. The summed E-state index contributed by atoms with van der Waals surface area (Å²) in [7, 11) is 0. The molecule has 2 aromatic heterocycles. The van der Waals surface area contributed by atoms with Crippen molar-refractivity contribution in [3.05, 3.63) is 49.0 Å². The van der Waals surface area contributed by atoms with E-state index in [0.717, 1.165) is 13.1 Å². The largest absolute Gasteiger partial charge is 0.402 e. The second-order valence-electron chi connectivity index (χ2n) is 3.56. The van der Waals surface area contributed by atoms with E-state index in [-0.39, 0.29) is 5.63 Å². The van der Waals surface area contributed by atoms with E-state index in [1.165, 1.54) is 11.3 Å². The zero-order valence-corrected chi connectivity index (χ0v) is 12.8. The highest BCUT2D eigenvalue weighted by molar-refractivity contribution is 9.13. The molecule has 0 aliphatic carbocycles. The molecule has 1 aromatic carbocycles. The van der Waals surface area contributed by atoms with Crippen LogP contribution in [0.3, 0.4) is 0 Å². The summed E-state index contributed by atoms with van der Waals surface area (Å²) in [4.78, 5) is 17.0. The fourth-order valence-electron chi connectivity index (χ4n) is 1.58. The van der Waals surface area contributed by atoms with Crippen molar-refractivity contribution in [3.8, 4) is 10.8 Å². The van der Waals surface area contributed by atoms with Crippen LogP contribution in [-0.2, 0) is 0 Å². The summed E-state index contributed by atoms with van der Waals surface area (Å²) >= 11 is 8.26. The minimum Gasteiger partial charge on any atom is -0.402 e. The van der Waals surface area contributed by atoms with E-state index in [4.69, 9.17) is 4.42 Å². The van der Waals surface area contributed by atoms with Crippen LogP contribution in [0.1, 0.15) is 0 Å². The first-order chi connectivity index (χ1) is 8.65. The van der Waals surface area contributed by atoms with E-state index in [1.54, 1.807) is 18.2 Å². The van der Waals surface area contributed by atoms with Gasteiger partial charge in [0.05, 0.1) is 19.6 Å². The summed E-state index contributed by atoms with van der Waals surface area (Å²) in [5.74, 6) is 0.343. The first kappa shape index (κ1) is 12.1. The van der Waals surface area contributed by atoms with Crippen LogP contribution in [0, 0.1) is 0 Å². The highest BCUT2D eigenvalue weighted by Crippen LogP contribution is 2.37. The van der Waals surface area contributed by atoms with Crippen molar-refractivity contribution in [1.82, 2.24) is 4.98 Å². The summed E-state index contributed by atoms with van der Waals surface area (Å²) in [6.07, 6.45) is 0. The van der Waals surface area contributed by atoms with Crippen molar-refractivity contribution >= 4 is 54.1 Å².